The third-order valence-electron chi connectivity index (χ3n) is 4.04. The molecule has 0 fully saturated rings. The van der Waals surface area contributed by atoms with Crippen molar-refractivity contribution in [1.82, 2.24) is 15.2 Å². The summed E-state index contributed by atoms with van der Waals surface area (Å²) in [6.45, 7) is 4.77. The molecule has 0 aliphatic carbocycles. The largest absolute Gasteiger partial charge is 0.497 e. The molecule has 128 valence electrons. The van der Waals surface area contributed by atoms with E-state index in [1.54, 1.807) is 13.3 Å². The average molecular weight is 335 g/mol. The summed E-state index contributed by atoms with van der Waals surface area (Å²) >= 11 is 0. The topological polar surface area (TPSA) is 72.0 Å². The molecule has 3 aromatic rings. The summed E-state index contributed by atoms with van der Waals surface area (Å²) in [5.41, 5.74) is 4.54. The fourth-order valence-corrected chi connectivity index (χ4v) is 2.39. The lowest BCUT2D eigenvalue weighted by atomic mass is 10.1. The molecule has 25 heavy (non-hydrogen) atoms. The lowest BCUT2D eigenvalue weighted by Gasteiger charge is -2.11. The molecule has 1 aromatic heterocycles. The molecule has 2 N–H and O–H groups in total. The third kappa shape index (κ3) is 4.23. The highest BCUT2D eigenvalue weighted by Crippen LogP contribution is 2.21. The minimum Gasteiger partial charge on any atom is -0.497 e. The van der Waals surface area contributed by atoms with Crippen molar-refractivity contribution in [3.63, 3.8) is 0 Å². The standard InChI is InChI=1S/C19H21N5O/c1-13-5-4-6-17(14(13)2)22-18-12-21-24-19(23-18)20-11-15-7-9-16(25-3)10-8-15/h4-10,12H,11H2,1-3H3,(H2,20,22,23,24). The maximum absolute atomic E-state index is 5.16. The van der Waals surface area contributed by atoms with Crippen molar-refractivity contribution in [3.8, 4) is 5.75 Å². The Morgan fingerprint density at radius 2 is 1.84 bits per heavy atom. The predicted molar refractivity (Wildman–Crippen MR) is 99.3 cm³/mol. The molecule has 0 aliphatic rings. The highest BCUT2D eigenvalue weighted by atomic mass is 16.5. The van der Waals surface area contributed by atoms with Gasteiger partial charge >= 0.3 is 0 Å². The Labute approximate surface area is 147 Å². The first kappa shape index (κ1) is 16.7. The summed E-state index contributed by atoms with van der Waals surface area (Å²) in [5.74, 6) is 1.97. The predicted octanol–water partition coefficient (Wildman–Crippen LogP) is 3.85. The van der Waals surface area contributed by atoms with Gasteiger partial charge in [0.05, 0.1) is 13.3 Å². The monoisotopic (exact) mass is 335 g/mol. The molecule has 3 rings (SSSR count). The summed E-state index contributed by atoms with van der Waals surface area (Å²) in [4.78, 5) is 4.47. The van der Waals surface area contributed by atoms with Crippen LogP contribution in [0.15, 0.2) is 48.7 Å². The Balaban J connectivity index is 1.67. The zero-order chi connectivity index (χ0) is 17.6. The first-order valence-electron chi connectivity index (χ1n) is 8.05. The molecule has 0 bridgehead atoms. The van der Waals surface area contributed by atoms with Crippen molar-refractivity contribution in [2.45, 2.75) is 20.4 Å². The first-order chi connectivity index (χ1) is 12.2. The molecule has 6 nitrogen and oxygen atoms in total. The number of nitrogens with one attached hydrogen (secondary N) is 2. The number of rotatable bonds is 6. The smallest absolute Gasteiger partial charge is 0.244 e. The van der Waals surface area contributed by atoms with Gasteiger partial charge in [0, 0.05) is 12.2 Å². The number of benzene rings is 2. The number of hydrogen-bond donors (Lipinski definition) is 2. The van der Waals surface area contributed by atoms with Crippen LogP contribution in [0.3, 0.4) is 0 Å². The van der Waals surface area contributed by atoms with E-state index in [-0.39, 0.29) is 0 Å². The Kier molecular flexibility index (Phi) is 5.09. The van der Waals surface area contributed by atoms with Crippen molar-refractivity contribution < 1.29 is 4.74 Å². The van der Waals surface area contributed by atoms with Gasteiger partial charge in [-0.25, -0.2) is 0 Å². The maximum Gasteiger partial charge on any atom is 0.244 e. The van der Waals surface area contributed by atoms with Gasteiger partial charge in [-0.3, -0.25) is 0 Å². The van der Waals surface area contributed by atoms with E-state index in [0.29, 0.717) is 18.3 Å². The molecule has 6 heteroatoms. The van der Waals surface area contributed by atoms with E-state index >= 15 is 0 Å². The third-order valence-corrected chi connectivity index (χ3v) is 4.04. The molecule has 0 spiro atoms. The van der Waals surface area contributed by atoms with Gasteiger partial charge in [-0.05, 0) is 48.7 Å². The van der Waals surface area contributed by atoms with E-state index in [1.165, 1.54) is 11.1 Å². The SMILES string of the molecule is COc1ccc(CNc2nncc(Nc3cccc(C)c3C)n2)cc1. The molecule has 0 radical (unpaired) electrons. The lowest BCUT2D eigenvalue weighted by Crippen LogP contribution is -2.06. The fourth-order valence-electron chi connectivity index (χ4n) is 2.39. The zero-order valence-corrected chi connectivity index (χ0v) is 14.6. The maximum atomic E-state index is 5.16. The van der Waals surface area contributed by atoms with Crippen molar-refractivity contribution in [2.24, 2.45) is 0 Å². The number of anilines is 3. The molecule has 0 aliphatic heterocycles. The number of aromatic nitrogens is 3. The Hall–Kier alpha value is -3.15. The van der Waals surface area contributed by atoms with Crippen LogP contribution in [-0.2, 0) is 6.54 Å². The highest BCUT2D eigenvalue weighted by Gasteiger charge is 2.05. The molecule has 0 saturated carbocycles. The van der Waals surface area contributed by atoms with E-state index in [4.69, 9.17) is 4.74 Å². The quantitative estimate of drug-likeness (QED) is 0.713. The number of aryl methyl sites for hydroxylation is 1. The van der Waals surface area contributed by atoms with Gasteiger partial charge in [-0.1, -0.05) is 24.3 Å². The van der Waals surface area contributed by atoms with Gasteiger partial charge in [-0.15, -0.1) is 5.10 Å². The summed E-state index contributed by atoms with van der Waals surface area (Å²) in [7, 11) is 1.65. The molecule has 0 saturated heterocycles. The van der Waals surface area contributed by atoms with E-state index in [9.17, 15) is 0 Å². The van der Waals surface area contributed by atoms with Crippen LogP contribution in [0.4, 0.5) is 17.5 Å². The fraction of sp³-hybridized carbons (Fsp3) is 0.211. The summed E-state index contributed by atoms with van der Waals surface area (Å²) in [6.07, 6.45) is 1.61. The van der Waals surface area contributed by atoms with Crippen LogP contribution in [0, 0.1) is 13.8 Å². The summed E-state index contributed by atoms with van der Waals surface area (Å²) in [5, 5.41) is 14.5. The average Bonchev–Trinajstić information content (AvgIpc) is 2.64. The minimum atomic E-state index is 0.478. The highest BCUT2D eigenvalue weighted by molar-refractivity contribution is 5.61. The minimum absolute atomic E-state index is 0.478. The van der Waals surface area contributed by atoms with Gasteiger partial charge in [-0.2, -0.15) is 10.1 Å². The van der Waals surface area contributed by atoms with E-state index in [0.717, 1.165) is 17.0 Å². The molecule has 2 aromatic carbocycles. The van der Waals surface area contributed by atoms with E-state index in [1.807, 2.05) is 36.4 Å². The number of nitrogens with zero attached hydrogens (tertiary/aromatic N) is 3. The van der Waals surface area contributed by atoms with Crippen LogP contribution < -0.4 is 15.4 Å². The van der Waals surface area contributed by atoms with Crippen LogP contribution in [0.1, 0.15) is 16.7 Å². The van der Waals surface area contributed by atoms with Gasteiger partial charge < -0.3 is 15.4 Å². The van der Waals surface area contributed by atoms with Crippen LogP contribution >= 0.6 is 0 Å². The molecular formula is C19H21N5O. The van der Waals surface area contributed by atoms with Crippen molar-refractivity contribution >= 4 is 17.5 Å². The van der Waals surface area contributed by atoms with Gasteiger partial charge in [0.25, 0.3) is 0 Å². The number of methoxy groups -OCH3 is 1. The number of ether oxygens (including phenoxy) is 1. The number of hydrogen-bond acceptors (Lipinski definition) is 6. The molecule has 0 amide bonds. The second-order valence-corrected chi connectivity index (χ2v) is 5.74. The second kappa shape index (κ2) is 7.61. The van der Waals surface area contributed by atoms with Crippen LogP contribution in [0.2, 0.25) is 0 Å². The van der Waals surface area contributed by atoms with Crippen LogP contribution in [0.25, 0.3) is 0 Å². The lowest BCUT2D eigenvalue weighted by molar-refractivity contribution is 0.414. The Morgan fingerprint density at radius 3 is 2.60 bits per heavy atom. The zero-order valence-electron chi connectivity index (χ0n) is 14.6. The summed E-state index contributed by atoms with van der Waals surface area (Å²) < 4.78 is 5.16. The van der Waals surface area contributed by atoms with Gasteiger partial charge in [0.1, 0.15) is 5.75 Å². The summed E-state index contributed by atoms with van der Waals surface area (Å²) in [6, 6.07) is 14.0. The van der Waals surface area contributed by atoms with Crippen LogP contribution in [-0.4, -0.2) is 22.3 Å². The molecular weight excluding hydrogens is 314 g/mol. The van der Waals surface area contributed by atoms with Gasteiger partial charge in [0.2, 0.25) is 5.95 Å². The van der Waals surface area contributed by atoms with Crippen LogP contribution in [0.5, 0.6) is 5.75 Å². The normalized spacial score (nSPS) is 10.4. The molecule has 0 unspecified atom stereocenters. The van der Waals surface area contributed by atoms with E-state index < -0.39 is 0 Å². The van der Waals surface area contributed by atoms with Gasteiger partial charge in [0.15, 0.2) is 5.82 Å². The van der Waals surface area contributed by atoms with Crippen molar-refractivity contribution in [1.29, 1.82) is 0 Å². The van der Waals surface area contributed by atoms with Crippen molar-refractivity contribution in [2.75, 3.05) is 17.7 Å². The molecule has 1 heterocycles. The second-order valence-electron chi connectivity index (χ2n) is 5.74. The first-order valence-corrected chi connectivity index (χ1v) is 8.05. The van der Waals surface area contributed by atoms with E-state index in [2.05, 4.69) is 45.7 Å². The Morgan fingerprint density at radius 1 is 1.04 bits per heavy atom. The Bertz CT molecular complexity index is 849. The molecule has 0 atom stereocenters. The van der Waals surface area contributed by atoms with Crippen molar-refractivity contribution in [3.05, 3.63) is 65.4 Å².